The number of halogens is 1. The van der Waals surface area contributed by atoms with Crippen LogP contribution in [0.2, 0.25) is 0 Å². The number of nitrogens with zero attached hydrogens (tertiary/aromatic N) is 4. The first-order chi connectivity index (χ1) is 13.6. The molecule has 1 unspecified atom stereocenters. The number of benzene rings is 2. The summed E-state index contributed by atoms with van der Waals surface area (Å²) in [6, 6.07) is 13.7. The van der Waals surface area contributed by atoms with Gasteiger partial charge in [0.15, 0.2) is 0 Å². The zero-order chi connectivity index (χ0) is 19.9. The van der Waals surface area contributed by atoms with Crippen LogP contribution in [0.5, 0.6) is 5.75 Å². The minimum atomic E-state index is -0.408. The number of tetrazole rings is 1. The van der Waals surface area contributed by atoms with Crippen molar-refractivity contribution in [2.45, 2.75) is 23.8 Å². The minimum Gasteiger partial charge on any atom is -0.497 e. The molecule has 7 nitrogen and oxygen atoms in total. The summed E-state index contributed by atoms with van der Waals surface area (Å²) in [6.07, 6.45) is 0.716. The molecule has 0 aliphatic rings. The Morgan fingerprint density at radius 2 is 2.07 bits per heavy atom. The van der Waals surface area contributed by atoms with Gasteiger partial charge in [0.1, 0.15) is 11.6 Å². The molecule has 1 atom stereocenters. The van der Waals surface area contributed by atoms with Crippen LogP contribution in [0.25, 0.3) is 5.69 Å². The summed E-state index contributed by atoms with van der Waals surface area (Å²) in [4.78, 5) is 12.4. The van der Waals surface area contributed by atoms with Crippen molar-refractivity contribution in [1.82, 2.24) is 25.5 Å². The van der Waals surface area contributed by atoms with Crippen LogP contribution >= 0.6 is 11.8 Å². The molecule has 0 fully saturated rings. The normalized spacial score (nSPS) is 11.8. The van der Waals surface area contributed by atoms with Gasteiger partial charge in [0, 0.05) is 6.54 Å². The van der Waals surface area contributed by atoms with Gasteiger partial charge in [-0.25, -0.2) is 4.39 Å². The number of methoxy groups -OCH3 is 1. The number of amides is 1. The van der Waals surface area contributed by atoms with E-state index in [0.29, 0.717) is 23.8 Å². The molecule has 1 N–H and O–H groups in total. The molecule has 0 bridgehead atoms. The third kappa shape index (κ3) is 5.07. The molecular formula is C19H20FN5O2S. The van der Waals surface area contributed by atoms with E-state index in [0.717, 1.165) is 11.3 Å². The summed E-state index contributed by atoms with van der Waals surface area (Å²) in [5.41, 5.74) is 1.61. The SMILES string of the molecule is COc1ccc(CCNC(=O)C(C)Sc2nnnn2-c2cccc(F)c2)cc1. The first-order valence-corrected chi connectivity index (χ1v) is 9.56. The third-order valence-electron chi connectivity index (χ3n) is 4.02. The fourth-order valence-corrected chi connectivity index (χ4v) is 3.33. The maximum atomic E-state index is 13.4. The highest BCUT2D eigenvalue weighted by Crippen LogP contribution is 2.23. The molecule has 3 rings (SSSR count). The van der Waals surface area contributed by atoms with Crippen LogP contribution in [0, 0.1) is 5.82 Å². The summed E-state index contributed by atoms with van der Waals surface area (Å²) in [5, 5.41) is 14.4. The Bertz CT molecular complexity index is 932. The molecule has 0 aliphatic carbocycles. The Balaban J connectivity index is 1.54. The van der Waals surface area contributed by atoms with E-state index in [2.05, 4.69) is 20.8 Å². The largest absolute Gasteiger partial charge is 0.497 e. The standard InChI is InChI=1S/C19H20FN5O2S/c1-13(18(26)21-11-10-14-6-8-17(27-2)9-7-14)28-19-22-23-24-25(19)16-5-3-4-15(20)12-16/h3-9,12-13H,10-11H2,1-2H3,(H,21,26). The molecule has 1 heterocycles. The van der Waals surface area contributed by atoms with Gasteiger partial charge in [-0.05, 0) is 59.7 Å². The highest BCUT2D eigenvalue weighted by Gasteiger charge is 2.19. The van der Waals surface area contributed by atoms with E-state index in [1.54, 1.807) is 26.2 Å². The highest BCUT2D eigenvalue weighted by molar-refractivity contribution is 8.00. The fraction of sp³-hybridized carbons (Fsp3) is 0.263. The number of aromatic nitrogens is 4. The first-order valence-electron chi connectivity index (χ1n) is 8.68. The van der Waals surface area contributed by atoms with Crippen molar-refractivity contribution in [1.29, 1.82) is 0 Å². The molecular weight excluding hydrogens is 381 g/mol. The molecule has 3 aromatic rings. The number of carbonyl (C=O) groups is 1. The number of thioether (sulfide) groups is 1. The predicted octanol–water partition coefficient (Wildman–Crippen LogP) is 2.65. The number of nitrogens with one attached hydrogen (secondary N) is 1. The van der Waals surface area contributed by atoms with Crippen LogP contribution in [0.1, 0.15) is 12.5 Å². The Morgan fingerprint density at radius 3 is 2.79 bits per heavy atom. The summed E-state index contributed by atoms with van der Waals surface area (Å²) in [7, 11) is 1.62. The summed E-state index contributed by atoms with van der Waals surface area (Å²) in [5.74, 6) is 0.300. The molecule has 0 spiro atoms. The molecule has 2 aromatic carbocycles. The maximum absolute atomic E-state index is 13.4. The van der Waals surface area contributed by atoms with Gasteiger partial charge in [-0.1, -0.05) is 30.0 Å². The highest BCUT2D eigenvalue weighted by atomic mass is 32.2. The van der Waals surface area contributed by atoms with Crippen LogP contribution < -0.4 is 10.1 Å². The van der Waals surface area contributed by atoms with Crippen molar-refractivity contribution in [2.75, 3.05) is 13.7 Å². The van der Waals surface area contributed by atoms with E-state index >= 15 is 0 Å². The molecule has 0 aliphatic heterocycles. The molecule has 0 saturated heterocycles. The molecule has 28 heavy (non-hydrogen) atoms. The van der Waals surface area contributed by atoms with Gasteiger partial charge in [-0.3, -0.25) is 4.79 Å². The van der Waals surface area contributed by atoms with Gasteiger partial charge in [-0.2, -0.15) is 4.68 Å². The summed E-state index contributed by atoms with van der Waals surface area (Å²) in [6.45, 7) is 2.29. The van der Waals surface area contributed by atoms with Gasteiger partial charge in [0.25, 0.3) is 0 Å². The average molecular weight is 401 g/mol. The van der Waals surface area contributed by atoms with Crippen molar-refractivity contribution < 1.29 is 13.9 Å². The quantitative estimate of drug-likeness (QED) is 0.585. The number of rotatable bonds is 8. The second-order valence-corrected chi connectivity index (χ2v) is 7.31. The minimum absolute atomic E-state index is 0.118. The van der Waals surface area contributed by atoms with Crippen molar-refractivity contribution in [2.24, 2.45) is 0 Å². The molecule has 0 saturated carbocycles. The smallest absolute Gasteiger partial charge is 0.233 e. The second kappa shape index (κ2) is 9.32. The van der Waals surface area contributed by atoms with Crippen LogP contribution in [0.15, 0.2) is 53.7 Å². The third-order valence-corrected chi connectivity index (χ3v) is 5.05. The number of carbonyl (C=O) groups excluding carboxylic acids is 1. The van der Waals surface area contributed by atoms with E-state index in [9.17, 15) is 9.18 Å². The molecule has 0 radical (unpaired) electrons. The fourth-order valence-electron chi connectivity index (χ4n) is 2.50. The Hall–Kier alpha value is -2.94. The van der Waals surface area contributed by atoms with E-state index in [1.165, 1.54) is 28.6 Å². The maximum Gasteiger partial charge on any atom is 0.233 e. The summed E-state index contributed by atoms with van der Waals surface area (Å²) >= 11 is 1.21. The van der Waals surface area contributed by atoms with Gasteiger partial charge >= 0.3 is 0 Å². The van der Waals surface area contributed by atoms with E-state index in [-0.39, 0.29) is 11.7 Å². The van der Waals surface area contributed by atoms with Crippen molar-refractivity contribution in [3.63, 3.8) is 0 Å². The second-order valence-electron chi connectivity index (χ2n) is 6.00. The Kier molecular flexibility index (Phi) is 6.59. The van der Waals surface area contributed by atoms with E-state index in [1.807, 2.05) is 24.3 Å². The van der Waals surface area contributed by atoms with Crippen molar-refractivity contribution in [3.05, 3.63) is 59.9 Å². The summed E-state index contributed by atoms with van der Waals surface area (Å²) < 4.78 is 20.0. The zero-order valence-corrected chi connectivity index (χ0v) is 16.3. The Morgan fingerprint density at radius 1 is 1.29 bits per heavy atom. The first kappa shape index (κ1) is 19.8. The van der Waals surface area contributed by atoms with Crippen molar-refractivity contribution in [3.8, 4) is 11.4 Å². The average Bonchev–Trinajstić information content (AvgIpc) is 3.16. The molecule has 1 aromatic heterocycles. The topological polar surface area (TPSA) is 81.9 Å². The van der Waals surface area contributed by atoms with Crippen LogP contribution in [0.3, 0.4) is 0 Å². The van der Waals surface area contributed by atoms with Gasteiger partial charge in [0.2, 0.25) is 11.1 Å². The van der Waals surface area contributed by atoms with E-state index < -0.39 is 5.25 Å². The van der Waals surface area contributed by atoms with E-state index in [4.69, 9.17) is 4.74 Å². The number of hydrogen-bond donors (Lipinski definition) is 1. The molecule has 146 valence electrons. The zero-order valence-electron chi connectivity index (χ0n) is 15.5. The lowest BCUT2D eigenvalue weighted by atomic mass is 10.1. The number of ether oxygens (including phenoxy) is 1. The van der Waals surface area contributed by atoms with Gasteiger partial charge in [0.05, 0.1) is 18.0 Å². The molecule has 9 heteroatoms. The van der Waals surface area contributed by atoms with Crippen LogP contribution in [-0.2, 0) is 11.2 Å². The van der Waals surface area contributed by atoms with Crippen molar-refractivity contribution >= 4 is 17.7 Å². The van der Waals surface area contributed by atoms with Crippen LogP contribution in [-0.4, -0.2) is 45.0 Å². The predicted molar refractivity (Wildman–Crippen MR) is 104 cm³/mol. The lowest BCUT2D eigenvalue weighted by Crippen LogP contribution is -2.32. The van der Waals surface area contributed by atoms with Gasteiger partial charge in [-0.15, -0.1) is 5.10 Å². The van der Waals surface area contributed by atoms with Gasteiger partial charge < -0.3 is 10.1 Å². The number of hydrogen-bond acceptors (Lipinski definition) is 6. The van der Waals surface area contributed by atoms with Crippen LogP contribution in [0.4, 0.5) is 4.39 Å². The molecule has 1 amide bonds. The monoisotopic (exact) mass is 401 g/mol. The lowest BCUT2D eigenvalue weighted by molar-refractivity contribution is -0.120. The Labute approximate surface area is 166 Å². The lowest BCUT2D eigenvalue weighted by Gasteiger charge is -2.12.